The van der Waals surface area contributed by atoms with Crippen molar-refractivity contribution in [3.63, 3.8) is 0 Å². The van der Waals surface area contributed by atoms with E-state index >= 15 is 0 Å². The number of carbonyl (C=O) groups is 1. The average Bonchev–Trinajstić information content (AvgIpc) is 3.01. The van der Waals surface area contributed by atoms with Gasteiger partial charge in [-0.15, -0.1) is 10.2 Å². The summed E-state index contributed by atoms with van der Waals surface area (Å²) in [5, 5.41) is 10.9. The molecule has 1 amide bonds. The van der Waals surface area contributed by atoms with E-state index in [-0.39, 0.29) is 29.1 Å². The maximum atomic E-state index is 12.2. The lowest BCUT2D eigenvalue weighted by Crippen LogP contribution is -2.37. The van der Waals surface area contributed by atoms with E-state index in [1.54, 1.807) is 24.5 Å². The highest BCUT2D eigenvalue weighted by Crippen LogP contribution is 2.22. The number of nitrogens with one attached hydrogen (secondary N) is 1. The fourth-order valence-electron chi connectivity index (χ4n) is 3.00. The van der Waals surface area contributed by atoms with E-state index < -0.39 is 9.84 Å². The second-order valence-electron chi connectivity index (χ2n) is 6.16. The Hall–Kier alpha value is -2.55. The molecule has 0 bridgehead atoms. The summed E-state index contributed by atoms with van der Waals surface area (Å²) in [6.07, 6.45) is 3.92. The van der Waals surface area contributed by atoms with Gasteiger partial charge in [-0.2, -0.15) is 0 Å². The van der Waals surface area contributed by atoms with Gasteiger partial charge in [-0.1, -0.05) is 0 Å². The van der Waals surface area contributed by atoms with Crippen molar-refractivity contribution < 1.29 is 13.2 Å². The summed E-state index contributed by atoms with van der Waals surface area (Å²) in [5.74, 6) is 0.612. The van der Waals surface area contributed by atoms with Gasteiger partial charge >= 0.3 is 0 Å². The van der Waals surface area contributed by atoms with Crippen LogP contribution in [-0.2, 0) is 16.4 Å². The first-order valence-electron chi connectivity index (χ1n) is 8.46. The van der Waals surface area contributed by atoms with Gasteiger partial charge in [0.2, 0.25) is 0 Å². The van der Waals surface area contributed by atoms with Crippen molar-refractivity contribution in [3.05, 3.63) is 47.9 Å². The lowest BCUT2D eigenvalue weighted by molar-refractivity contribution is 0.0945. The molecule has 1 aliphatic heterocycles. The molecule has 2 aromatic rings. The first-order chi connectivity index (χ1) is 12.5. The van der Waals surface area contributed by atoms with Gasteiger partial charge in [0.25, 0.3) is 5.91 Å². The van der Waals surface area contributed by atoms with Crippen molar-refractivity contribution in [1.82, 2.24) is 20.5 Å². The summed E-state index contributed by atoms with van der Waals surface area (Å²) in [6.45, 7) is 2.95. The lowest BCUT2D eigenvalue weighted by Gasteiger charge is -2.27. The Bertz CT molecular complexity index is 856. The first kappa shape index (κ1) is 18.2. The predicted molar refractivity (Wildman–Crippen MR) is 97.5 cm³/mol. The number of rotatable bonds is 6. The molecule has 138 valence electrons. The van der Waals surface area contributed by atoms with Crippen LogP contribution < -0.4 is 10.2 Å². The van der Waals surface area contributed by atoms with Crippen LogP contribution in [0.15, 0.2) is 36.7 Å². The molecule has 9 heteroatoms. The number of sulfone groups is 1. The van der Waals surface area contributed by atoms with Gasteiger partial charge < -0.3 is 10.2 Å². The van der Waals surface area contributed by atoms with Crippen LogP contribution in [0, 0.1) is 0 Å². The van der Waals surface area contributed by atoms with Gasteiger partial charge in [0, 0.05) is 31.5 Å². The van der Waals surface area contributed by atoms with Crippen molar-refractivity contribution in [2.45, 2.75) is 25.9 Å². The molecule has 0 spiro atoms. The molecule has 1 saturated heterocycles. The van der Waals surface area contributed by atoms with Crippen LogP contribution >= 0.6 is 0 Å². The highest BCUT2D eigenvalue weighted by molar-refractivity contribution is 7.91. The number of anilines is 1. The third-order valence-electron chi connectivity index (χ3n) is 4.37. The molecule has 8 nitrogen and oxygen atoms in total. The van der Waals surface area contributed by atoms with E-state index in [2.05, 4.69) is 20.5 Å². The Morgan fingerprint density at radius 1 is 1.23 bits per heavy atom. The molecule has 0 radical (unpaired) electrons. The smallest absolute Gasteiger partial charge is 0.272 e. The van der Waals surface area contributed by atoms with Crippen LogP contribution in [0.5, 0.6) is 0 Å². The predicted octanol–water partition coefficient (Wildman–Crippen LogP) is 0.815. The minimum atomic E-state index is -2.97. The largest absolute Gasteiger partial charge is 0.351 e. The van der Waals surface area contributed by atoms with Gasteiger partial charge in [-0.25, -0.2) is 8.42 Å². The zero-order valence-corrected chi connectivity index (χ0v) is 15.3. The summed E-state index contributed by atoms with van der Waals surface area (Å²) >= 11 is 0. The molecular weight excluding hydrogens is 354 g/mol. The number of aromatic nitrogens is 3. The summed E-state index contributed by atoms with van der Waals surface area (Å²) in [6, 6.07) is 6.87. The maximum absolute atomic E-state index is 12.2. The van der Waals surface area contributed by atoms with E-state index in [1.807, 2.05) is 24.0 Å². The van der Waals surface area contributed by atoms with E-state index in [9.17, 15) is 13.2 Å². The Labute approximate surface area is 152 Å². The molecule has 1 aliphatic rings. The Balaban J connectivity index is 1.64. The van der Waals surface area contributed by atoms with Crippen LogP contribution in [0.2, 0.25) is 0 Å². The van der Waals surface area contributed by atoms with Crippen LogP contribution in [0.4, 0.5) is 5.82 Å². The van der Waals surface area contributed by atoms with Crippen molar-refractivity contribution in [1.29, 1.82) is 0 Å². The minimum absolute atomic E-state index is 0.0920. The number of hydrogen-bond donors (Lipinski definition) is 1. The highest BCUT2D eigenvalue weighted by atomic mass is 32.2. The lowest BCUT2D eigenvalue weighted by atomic mass is 10.2. The quantitative estimate of drug-likeness (QED) is 0.797. The molecule has 3 rings (SSSR count). The summed E-state index contributed by atoms with van der Waals surface area (Å²) in [7, 11) is -2.97. The van der Waals surface area contributed by atoms with Crippen LogP contribution in [0.3, 0.4) is 0 Å². The fourth-order valence-corrected chi connectivity index (χ4v) is 4.73. The summed E-state index contributed by atoms with van der Waals surface area (Å²) in [5.41, 5.74) is 1.16. The van der Waals surface area contributed by atoms with Gasteiger partial charge in [0.1, 0.15) is 0 Å². The molecule has 26 heavy (non-hydrogen) atoms. The third-order valence-corrected chi connectivity index (χ3v) is 6.12. The van der Waals surface area contributed by atoms with Crippen LogP contribution in [-0.4, -0.2) is 53.6 Å². The fraction of sp³-hybridized carbons (Fsp3) is 0.412. The van der Waals surface area contributed by atoms with Crippen LogP contribution in [0.1, 0.15) is 29.4 Å². The normalized spacial score (nSPS) is 18.4. The molecule has 2 aromatic heterocycles. The summed E-state index contributed by atoms with van der Waals surface area (Å²) in [4.78, 5) is 18.0. The maximum Gasteiger partial charge on any atom is 0.272 e. The zero-order chi connectivity index (χ0) is 18.6. The second-order valence-corrected chi connectivity index (χ2v) is 8.39. The third kappa shape index (κ3) is 4.34. The molecular formula is C17H21N5O3S. The van der Waals surface area contributed by atoms with Gasteiger partial charge in [-0.3, -0.25) is 9.78 Å². The SMILES string of the molecule is CCN(c1ccc(C(=O)NCc2ccncc2)nn1)C1CCS(=O)(=O)C1. The van der Waals surface area contributed by atoms with Crippen LogP contribution in [0.25, 0.3) is 0 Å². The zero-order valence-electron chi connectivity index (χ0n) is 14.5. The molecule has 3 heterocycles. The first-order valence-corrected chi connectivity index (χ1v) is 10.3. The molecule has 0 saturated carbocycles. The van der Waals surface area contributed by atoms with E-state index in [0.29, 0.717) is 25.3 Å². The Morgan fingerprint density at radius 3 is 2.58 bits per heavy atom. The Kier molecular flexibility index (Phi) is 5.46. The molecule has 1 fully saturated rings. The molecule has 1 unspecified atom stereocenters. The van der Waals surface area contributed by atoms with Gasteiger partial charge in [-0.05, 0) is 43.2 Å². The molecule has 1 N–H and O–H groups in total. The van der Waals surface area contributed by atoms with E-state index in [1.165, 1.54) is 0 Å². The monoisotopic (exact) mass is 375 g/mol. The number of carbonyl (C=O) groups excluding carboxylic acids is 1. The topological polar surface area (TPSA) is 105 Å². The number of nitrogens with zero attached hydrogens (tertiary/aromatic N) is 4. The standard InChI is InChI=1S/C17H21N5O3S/c1-2-22(14-7-10-26(24,25)12-14)16-4-3-15(20-21-16)17(23)19-11-13-5-8-18-9-6-13/h3-6,8-9,14H,2,7,10-12H2,1H3,(H,19,23). The van der Waals surface area contributed by atoms with Crippen molar-refractivity contribution in [2.24, 2.45) is 0 Å². The van der Waals surface area contributed by atoms with Gasteiger partial charge in [0.05, 0.1) is 11.5 Å². The molecule has 0 aromatic carbocycles. The molecule has 0 aliphatic carbocycles. The molecule has 1 atom stereocenters. The number of amides is 1. The van der Waals surface area contributed by atoms with Gasteiger partial charge in [0.15, 0.2) is 21.3 Å². The highest BCUT2D eigenvalue weighted by Gasteiger charge is 2.32. The summed E-state index contributed by atoms with van der Waals surface area (Å²) < 4.78 is 23.4. The average molecular weight is 375 g/mol. The minimum Gasteiger partial charge on any atom is -0.351 e. The number of hydrogen-bond acceptors (Lipinski definition) is 7. The van der Waals surface area contributed by atoms with Crippen molar-refractivity contribution in [2.75, 3.05) is 23.0 Å². The number of pyridine rings is 1. The second kappa shape index (κ2) is 7.77. The van der Waals surface area contributed by atoms with Crippen molar-refractivity contribution in [3.8, 4) is 0 Å². The Morgan fingerprint density at radius 2 is 2.00 bits per heavy atom. The van der Waals surface area contributed by atoms with Crippen molar-refractivity contribution >= 4 is 21.6 Å². The van der Waals surface area contributed by atoms with E-state index in [4.69, 9.17) is 0 Å². The van der Waals surface area contributed by atoms with E-state index in [0.717, 1.165) is 5.56 Å².